The summed E-state index contributed by atoms with van der Waals surface area (Å²) < 4.78 is 25.7. The molecule has 0 saturated heterocycles. The van der Waals surface area contributed by atoms with Gasteiger partial charge >= 0.3 is 0 Å². The number of nitrogens with zero attached hydrogens (tertiary/aromatic N) is 1. The lowest BCUT2D eigenvalue weighted by atomic mass is 10.1. The van der Waals surface area contributed by atoms with E-state index in [1.165, 1.54) is 7.05 Å². The summed E-state index contributed by atoms with van der Waals surface area (Å²) in [6.07, 6.45) is 1.08. The molecule has 1 unspecified atom stereocenters. The van der Waals surface area contributed by atoms with Gasteiger partial charge in [-0.2, -0.15) is 4.31 Å². The van der Waals surface area contributed by atoms with E-state index in [-0.39, 0.29) is 0 Å². The molecule has 122 valence electrons. The Morgan fingerprint density at radius 2 is 1.78 bits per heavy atom. The van der Waals surface area contributed by atoms with Gasteiger partial charge in [0.05, 0.1) is 6.26 Å². The molecule has 2 aromatic rings. The van der Waals surface area contributed by atoms with Crippen LogP contribution < -0.4 is 5.32 Å². The fraction of sp³-hybridized carbons (Fsp3) is 0.188. The average molecular weight is 397 g/mol. The molecule has 0 fully saturated rings. The van der Waals surface area contributed by atoms with Crippen LogP contribution in [0.15, 0.2) is 59.1 Å². The predicted molar refractivity (Wildman–Crippen MR) is 94.6 cm³/mol. The molecular formula is C16H17BrN2O3S. The number of hydrogen-bond donors (Lipinski definition) is 1. The van der Waals surface area contributed by atoms with Gasteiger partial charge in [0.25, 0.3) is 0 Å². The molecule has 0 aliphatic rings. The molecule has 23 heavy (non-hydrogen) atoms. The number of carbonyl (C=O) groups is 1. The molecule has 2 aromatic carbocycles. The number of likely N-dealkylation sites (N-methyl/N-ethyl adjacent to an activating group) is 1. The van der Waals surface area contributed by atoms with Gasteiger partial charge in [0.1, 0.15) is 6.04 Å². The van der Waals surface area contributed by atoms with Gasteiger partial charge < -0.3 is 5.32 Å². The Kier molecular flexibility index (Phi) is 5.56. The highest BCUT2D eigenvalue weighted by Crippen LogP contribution is 2.24. The third-order valence-electron chi connectivity index (χ3n) is 3.34. The molecule has 0 aromatic heterocycles. The number of carbonyl (C=O) groups excluding carboxylic acids is 1. The number of halogens is 1. The first-order valence-electron chi connectivity index (χ1n) is 6.83. The normalized spacial score (nSPS) is 12.9. The highest BCUT2D eigenvalue weighted by molar-refractivity contribution is 9.10. The van der Waals surface area contributed by atoms with Crippen molar-refractivity contribution in [1.82, 2.24) is 4.31 Å². The zero-order valence-corrected chi connectivity index (χ0v) is 15.1. The number of hydrogen-bond acceptors (Lipinski definition) is 3. The van der Waals surface area contributed by atoms with E-state index < -0.39 is 22.0 Å². The Morgan fingerprint density at radius 3 is 2.35 bits per heavy atom. The van der Waals surface area contributed by atoms with Crippen LogP contribution in [0.2, 0.25) is 0 Å². The molecule has 0 heterocycles. The maximum Gasteiger partial charge on any atom is 0.247 e. The zero-order chi connectivity index (χ0) is 17.0. The third kappa shape index (κ3) is 4.63. The highest BCUT2D eigenvalue weighted by atomic mass is 79.9. The van der Waals surface area contributed by atoms with Gasteiger partial charge in [-0.3, -0.25) is 4.79 Å². The summed E-state index contributed by atoms with van der Waals surface area (Å²) in [7, 11) is -2.14. The van der Waals surface area contributed by atoms with Gasteiger partial charge in [0.2, 0.25) is 15.9 Å². The van der Waals surface area contributed by atoms with E-state index in [0.29, 0.717) is 11.3 Å². The lowest BCUT2D eigenvalue weighted by Gasteiger charge is -2.25. The van der Waals surface area contributed by atoms with Gasteiger partial charge in [0, 0.05) is 17.2 Å². The Bertz CT molecular complexity index is 794. The standard InChI is InChI=1S/C16H17BrN2O3S/c1-19(23(2,21)22)15(12-7-4-3-5-8-12)16(20)18-14-10-6-9-13(17)11-14/h3-11,15H,1-2H3,(H,18,20). The molecule has 1 atom stereocenters. The largest absolute Gasteiger partial charge is 0.324 e. The minimum atomic E-state index is -3.53. The summed E-state index contributed by atoms with van der Waals surface area (Å²) in [5.41, 5.74) is 1.19. The molecule has 1 N–H and O–H groups in total. The summed E-state index contributed by atoms with van der Waals surface area (Å²) >= 11 is 3.34. The molecule has 0 aliphatic heterocycles. The topological polar surface area (TPSA) is 66.5 Å². The third-order valence-corrected chi connectivity index (χ3v) is 5.09. The first-order chi connectivity index (χ1) is 10.8. The molecule has 0 spiro atoms. The minimum absolute atomic E-state index is 0.415. The monoisotopic (exact) mass is 396 g/mol. The summed E-state index contributed by atoms with van der Waals surface area (Å²) in [5, 5.41) is 2.76. The summed E-state index contributed by atoms with van der Waals surface area (Å²) in [6.45, 7) is 0. The van der Waals surface area contributed by atoms with E-state index in [9.17, 15) is 13.2 Å². The van der Waals surface area contributed by atoms with Crippen LogP contribution in [0.5, 0.6) is 0 Å². The first-order valence-corrected chi connectivity index (χ1v) is 9.47. The van der Waals surface area contributed by atoms with Crippen LogP contribution in [0.4, 0.5) is 5.69 Å². The van der Waals surface area contributed by atoms with E-state index in [0.717, 1.165) is 15.0 Å². The number of anilines is 1. The second kappa shape index (κ2) is 7.25. The number of nitrogens with one attached hydrogen (secondary N) is 1. The van der Waals surface area contributed by atoms with Gasteiger partial charge in [-0.15, -0.1) is 0 Å². The number of benzene rings is 2. The maximum absolute atomic E-state index is 12.7. The van der Waals surface area contributed by atoms with Crippen LogP contribution in [-0.4, -0.2) is 31.9 Å². The van der Waals surface area contributed by atoms with Crippen molar-refractivity contribution in [2.24, 2.45) is 0 Å². The molecule has 2 rings (SSSR count). The molecule has 0 bridgehead atoms. The van der Waals surface area contributed by atoms with Crippen molar-refractivity contribution in [3.8, 4) is 0 Å². The van der Waals surface area contributed by atoms with Gasteiger partial charge in [0.15, 0.2) is 0 Å². The van der Waals surface area contributed by atoms with Gasteiger partial charge in [-0.25, -0.2) is 8.42 Å². The lowest BCUT2D eigenvalue weighted by molar-refractivity contribution is -0.119. The van der Waals surface area contributed by atoms with E-state index in [1.54, 1.807) is 42.5 Å². The minimum Gasteiger partial charge on any atom is -0.324 e. The van der Waals surface area contributed by atoms with Crippen LogP contribution in [0.25, 0.3) is 0 Å². The number of amides is 1. The zero-order valence-electron chi connectivity index (χ0n) is 12.7. The smallest absolute Gasteiger partial charge is 0.247 e. The summed E-state index contributed by atoms with van der Waals surface area (Å²) in [6, 6.07) is 15.0. The Hall–Kier alpha value is -1.70. The van der Waals surface area contributed by atoms with E-state index in [4.69, 9.17) is 0 Å². The van der Waals surface area contributed by atoms with Crippen LogP contribution >= 0.6 is 15.9 Å². The van der Waals surface area contributed by atoms with Crippen LogP contribution in [0.3, 0.4) is 0 Å². The second-order valence-electron chi connectivity index (χ2n) is 5.09. The second-order valence-corrected chi connectivity index (χ2v) is 8.05. The fourth-order valence-electron chi connectivity index (χ4n) is 2.13. The highest BCUT2D eigenvalue weighted by Gasteiger charge is 2.30. The number of rotatable bonds is 5. The Balaban J connectivity index is 2.35. The molecule has 0 saturated carbocycles. The van der Waals surface area contributed by atoms with Crippen molar-refractivity contribution in [2.75, 3.05) is 18.6 Å². The molecule has 7 heteroatoms. The SMILES string of the molecule is CN(C(C(=O)Nc1cccc(Br)c1)c1ccccc1)S(C)(=O)=O. The summed E-state index contributed by atoms with van der Waals surface area (Å²) in [5.74, 6) is -0.415. The predicted octanol–water partition coefficient (Wildman–Crippen LogP) is 3.02. The van der Waals surface area contributed by atoms with Crippen LogP contribution in [0.1, 0.15) is 11.6 Å². The van der Waals surface area contributed by atoms with E-state index in [1.807, 2.05) is 12.1 Å². The van der Waals surface area contributed by atoms with Crippen molar-refractivity contribution in [3.63, 3.8) is 0 Å². The van der Waals surface area contributed by atoms with Crippen molar-refractivity contribution in [3.05, 3.63) is 64.6 Å². The van der Waals surface area contributed by atoms with Crippen molar-refractivity contribution in [2.45, 2.75) is 6.04 Å². The molecule has 1 amide bonds. The Labute approximate surface area is 144 Å². The van der Waals surface area contributed by atoms with E-state index in [2.05, 4.69) is 21.2 Å². The first kappa shape index (κ1) is 17.7. The van der Waals surface area contributed by atoms with Gasteiger partial charge in [-0.05, 0) is 23.8 Å². The average Bonchev–Trinajstić information content (AvgIpc) is 2.47. The van der Waals surface area contributed by atoms with Gasteiger partial charge in [-0.1, -0.05) is 52.3 Å². The lowest BCUT2D eigenvalue weighted by Crippen LogP contribution is -2.38. The Morgan fingerprint density at radius 1 is 1.13 bits per heavy atom. The molecule has 0 aliphatic carbocycles. The van der Waals surface area contributed by atoms with Crippen molar-refractivity contribution >= 4 is 37.5 Å². The van der Waals surface area contributed by atoms with Crippen molar-refractivity contribution in [1.29, 1.82) is 0 Å². The fourth-order valence-corrected chi connectivity index (χ4v) is 3.13. The quantitative estimate of drug-likeness (QED) is 0.844. The maximum atomic E-state index is 12.7. The van der Waals surface area contributed by atoms with E-state index >= 15 is 0 Å². The number of sulfonamides is 1. The van der Waals surface area contributed by atoms with Crippen molar-refractivity contribution < 1.29 is 13.2 Å². The van der Waals surface area contributed by atoms with Crippen LogP contribution in [-0.2, 0) is 14.8 Å². The summed E-state index contributed by atoms with van der Waals surface area (Å²) in [4.78, 5) is 12.7. The molecule has 5 nitrogen and oxygen atoms in total. The molecular weight excluding hydrogens is 380 g/mol. The van der Waals surface area contributed by atoms with Crippen LogP contribution in [0, 0.1) is 0 Å². The molecule has 0 radical (unpaired) electrons.